The van der Waals surface area contributed by atoms with Crippen LogP contribution in [0.1, 0.15) is 51.3 Å². The highest BCUT2D eigenvalue weighted by molar-refractivity contribution is 5.29. The second kappa shape index (κ2) is 5.02. The maximum atomic E-state index is 5.98. The molecule has 1 heterocycles. The molecule has 2 nitrogen and oxygen atoms in total. The molecular formula is C16H26N2. The maximum Gasteiger partial charge on any atom is 0.0320 e. The molecule has 0 bridgehead atoms. The van der Waals surface area contributed by atoms with Gasteiger partial charge in [-0.2, -0.15) is 0 Å². The molecule has 0 saturated carbocycles. The molecule has 1 aromatic carbocycles. The Balaban J connectivity index is 2.10. The molecule has 1 aromatic rings. The minimum Gasteiger partial charge on any atom is -0.326 e. The van der Waals surface area contributed by atoms with Crippen molar-refractivity contribution in [2.75, 3.05) is 13.1 Å². The third kappa shape index (κ3) is 2.93. The van der Waals surface area contributed by atoms with Crippen molar-refractivity contribution in [3.8, 4) is 0 Å². The fraction of sp³-hybridized carbons (Fsp3) is 0.625. The predicted octanol–water partition coefficient (Wildman–Crippen LogP) is 3.08. The van der Waals surface area contributed by atoms with Crippen molar-refractivity contribution >= 4 is 0 Å². The highest BCUT2D eigenvalue weighted by atomic mass is 15.2. The zero-order valence-corrected chi connectivity index (χ0v) is 12.1. The van der Waals surface area contributed by atoms with Crippen LogP contribution in [0.4, 0.5) is 0 Å². The number of nitrogens with two attached hydrogens (primary N) is 1. The van der Waals surface area contributed by atoms with Crippen molar-refractivity contribution in [3.63, 3.8) is 0 Å². The van der Waals surface area contributed by atoms with Gasteiger partial charge in [0.2, 0.25) is 0 Å². The van der Waals surface area contributed by atoms with Crippen molar-refractivity contribution in [1.82, 2.24) is 4.90 Å². The number of rotatable bonds is 2. The van der Waals surface area contributed by atoms with Crippen LogP contribution in [0.25, 0.3) is 0 Å². The van der Waals surface area contributed by atoms with Gasteiger partial charge in [-0.25, -0.2) is 0 Å². The first-order valence-corrected chi connectivity index (χ1v) is 6.98. The van der Waals surface area contributed by atoms with Gasteiger partial charge < -0.3 is 5.73 Å². The topological polar surface area (TPSA) is 29.3 Å². The van der Waals surface area contributed by atoms with E-state index in [4.69, 9.17) is 5.73 Å². The number of hydrogen-bond acceptors (Lipinski definition) is 2. The molecule has 2 atom stereocenters. The molecule has 0 amide bonds. The lowest BCUT2D eigenvalue weighted by Gasteiger charge is -2.25. The fourth-order valence-electron chi connectivity index (χ4n) is 2.64. The van der Waals surface area contributed by atoms with Crippen LogP contribution in [-0.4, -0.2) is 24.0 Å². The number of benzene rings is 1. The Bertz CT molecular complexity index is 389. The summed E-state index contributed by atoms with van der Waals surface area (Å²) in [7, 11) is 0. The van der Waals surface area contributed by atoms with Gasteiger partial charge in [-0.15, -0.1) is 0 Å². The molecule has 2 N–H and O–H groups in total. The summed E-state index contributed by atoms with van der Waals surface area (Å²) < 4.78 is 0. The van der Waals surface area contributed by atoms with E-state index in [0.29, 0.717) is 12.1 Å². The van der Waals surface area contributed by atoms with E-state index < -0.39 is 0 Å². The van der Waals surface area contributed by atoms with Crippen LogP contribution in [0.5, 0.6) is 0 Å². The average molecular weight is 246 g/mol. The second-order valence-electron chi connectivity index (χ2n) is 6.59. The zero-order chi connectivity index (χ0) is 13.3. The third-order valence-electron chi connectivity index (χ3n) is 4.06. The SMILES string of the molecule is CC(c1ccc(C(C)(C)C)cc1)N1CCC(N)C1. The van der Waals surface area contributed by atoms with Crippen molar-refractivity contribution in [3.05, 3.63) is 35.4 Å². The average Bonchev–Trinajstić information content (AvgIpc) is 2.74. The standard InChI is InChI=1S/C16H26N2/c1-12(18-10-9-15(17)11-18)13-5-7-14(8-6-13)16(2,3)4/h5-8,12,15H,9-11,17H2,1-4H3. The Hall–Kier alpha value is -0.860. The summed E-state index contributed by atoms with van der Waals surface area (Å²) in [6.45, 7) is 11.2. The second-order valence-corrected chi connectivity index (χ2v) is 6.59. The summed E-state index contributed by atoms with van der Waals surface area (Å²) in [5.41, 5.74) is 9.01. The normalized spacial score (nSPS) is 23.3. The Morgan fingerprint density at radius 3 is 2.28 bits per heavy atom. The van der Waals surface area contributed by atoms with E-state index >= 15 is 0 Å². The molecule has 1 aliphatic heterocycles. The summed E-state index contributed by atoms with van der Waals surface area (Å²) in [6.07, 6.45) is 1.13. The molecule has 1 fully saturated rings. The smallest absolute Gasteiger partial charge is 0.0320 e. The Morgan fingerprint density at radius 2 is 1.83 bits per heavy atom. The first kappa shape index (κ1) is 13.6. The van der Waals surface area contributed by atoms with Crippen LogP contribution < -0.4 is 5.73 Å². The molecule has 100 valence electrons. The predicted molar refractivity (Wildman–Crippen MR) is 77.7 cm³/mol. The van der Waals surface area contributed by atoms with Crippen LogP contribution in [0.3, 0.4) is 0 Å². The van der Waals surface area contributed by atoms with E-state index in [2.05, 4.69) is 56.9 Å². The molecule has 1 aliphatic rings. The molecular weight excluding hydrogens is 220 g/mol. The largest absolute Gasteiger partial charge is 0.326 e. The number of nitrogens with zero attached hydrogens (tertiary/aromatic N) is 1. The van der Waals surface area contributed by atoms with Crippen LogP contribution >= 0.6 is 0 Å². The highest BCUT2D eigenvalue weighted by Crippen LogP contribution is 2.27. The molecule has 1 saturated heterocycles. The first-order valence-electron chi connectivity index (χ1n) is 6.98. The number of likely N-dealkylation sites (tertiary alicyclic amines) is 1. The van der Waals surface area contributed by atoms with Crippen LogP contribution in [0.2, 0.25) is 0 Å². The molecule has 0 radical (unpaired) electrons. The molecule has 0 spiro atoms. The van der Waals surface area contributed by atoms with Crippen molar-refractivity contribution < 1.29 is 0 Å². The number of hydrogen-bond donors (Lipinski definition) is 1. The van der Waals surface area contributed by atoms with Gasteiger partial charge in [0.1, 0.15) is 0 Å². The minimum atomic E-state index is 0.234. The third-order valence-corrected chi connectivity index (χ3v) is 4.06. The minimum absolute atomic E-state index is 0.234. The van der Waals surface area contributed by atoms with Gasteiger partial charge in [-0.1, -0.05) is 45.0 Å². The van der Waals surface area contributed by atoms with E-state index in [0.717, 1.165) is 19.5 Å². The lowest BCUT2D eigenvalue weighted by Crippen LogP contribution is -2.28. The van der Waals surface area contributed by atoms with Gasteiger partial charge in [0.05, 0.1) is 0 Å². The summed E-state index contributed by atoms with van der Waals surface area (Å²) >= 11 is 0. The molecule has 0 aromatic heterocycles. The summed E-state index contributed by atoms with van der Waals surface area (Å²) in [6, 6.07) is 9.92. The van der Waals surface area contributed by atoms with Gasteiger partial charge in [-0.3, -0.25) is 4.90 Å². The quantitative estimate of drug-likeness (QED) is 0.869. The summed E-state index contributed by atoms with van der Waals surface area (Å²) in [4.78, 5) is 2.48. The zero-order valence-electron chi connectivity index (χ0n) is 12.1. The first-order chi connectivity index (χ1) is 8.38. The van der Waals surface area contributed by atoms with E-state index in [1.54, 1.807) is 0 Å². The molecule has 18 heavy (non-hydrogen) atoms. The van der Waals surface area contributed by atoms with Crippen LogP contribution in [0.15, 0.2) is 24.3 Å². The Morgan fingerprint density at radius 1 is 1.22 bits per heavy atom. The maximum absolute atomic E-state index is 5.98. The Kier molecular flexibility index (Phi) is 3.79. The van der Waals surface area contributed by atoms with Crippen molar-refractivity contribution in [2.24, 2.45) is 5.73 Å². The van der Waals surface area contributed by atoms with Gasteiger partial charge in [0.25, 0.3) is 0 Å². The van der Waals surface area contributed by atoms with Crippen LogP contribution in [0, 0.1) is 0 Å². The molecule has 2 heteroatoms. The summed E-state index contributed by atoms with van der Waals surface area (Å²) in [5, 5.41) is 0. The van der Waals surface area contributed by atoms with E-state index in [9.17, 15) is 0 Å². The molecule has 2 unspecified atom stereocenters. The molecule has 0 aliphatic carbocycles. The van der Waals surface area contributed by atoms with Gasteiger partial charge in [0, 0.05) is 25.2 Å². The van der Waals surface area contributed by atoms with Gasteiger partial charge >= 0.3 is 0 Å². The highest BCUT2D eigenvalue weighted by Gasteiger charge is 2.24. The fourth-order valence-corrected chi connectivity index (χ4v) is 2.64. The van der Waals surface area contributed by atoms with E-state index in [-0.39, 0.29) is 5.41 Å². The summed E-state index contributed by atoms with van der Waals surface area (Å²) in [5.74, 6) is 0. The van der Waals surface area contributed by atoms with E-state index in [1.807, 2.05) is 0 Å². The van der Waals surface area contributed by atoms with E-state index in [1.165, 1.54) is 11.1 Å². The molecule has 2 rings (SSSR count). The monoisotopic (exact) mass is 246 g/mol. The van der Waals surface area contributed by atoms with Crippen molar-refractivity contribution in [1.29, 1.82) is 0 Å². The van der Waals surface area contributed by atoms with Gasteiger partial charge in [-0.05, 0) is 29.9 Å². The van der Waals surface area contributed by atoms with Crippen LogP contribution in [-0.2, 0) is 5.41 Å². The van der Waals surface area contributed by atoms with Gasteiger partial charge in [0.15, 0.2) is 0 Å². The lowest BCUT2D eigenvalue weighted by molar-refractivity contribution is 0.260. The van der Waals surface area contributed by atoms with Crippen molar-refractivity contribution in [2.45, 2.75) is 51.6 Å². The lowest BCUT2D eigenvalue weighted by atomic mass is 9.86. The Labute approximate surface area is 111 Å².